The Morgan fingerprint density at radius 1 is 1.22 bits per heavy atom. The van der Waals surface area contributed by atoms with Crippen LogP contribution in [0.2, 0.25) is 0 Å². The van der Waals surface area contributed by atoms with Crippen LogP contribution >= 0.6 is 0 Å². The van der Waals surface area contributed by atoms with E-state index in [4.69, 9.17) is 14.2 Å². The first kappa shape index (κ1) is 14.8. The molecule has 5 heteroatoms. The standard InChI is InChI=1S/C13H21NO4/c1-14-7-11(15)10-5-9(8-16-2)6-12(17-3)13(10)18-4/h5-6,11,14-15H,7-8H2,1-4H3. The average Bonchev–Trinajstić information content (AvgIpc) is 2.38. The Labute approximate surface area is 108 Å². The van der Waals surface area contributed by atoms with E-state index in [1.165, 1.54) is 0 Å². The van der Waals surface area contributed by atoms with E-state index >= 15 is 0 Å². The van der Waals surface area contributed by atoms with Crippen molar-refractivity contribution in [3.8, 4) is 11.5 Å². The van der Waals surface area contributed by atoms with Gasteiger partial charge in [0.2, 0.25) is 0 Å². The number of aliphatic hydroxyl groups is 1. The van der Waals surface area contributed by atoms with Crippen molar-refractivity contribution in [2.75, 3.05) is 34.9 Å². The average molecular weight is 255 g/mol. The SMILES string of the molecule is CNCC(O)c1cc(COC)cc(OC)c1OC. The summed E-state index contributed by atoms with van der Waals surface area (Å²) >= 11 is 0. The number of rotatable bonds is 7. The fourth-order valence-electron chi connectivity index (χ4n) is 1.85. The number of nitrogens with one attached hydrogen (secondary N) is 1. The van der Waals surface area contributed by atoms with Gasteiger partial charge in [0.1, 0.15) is 0 Å². The molecule has 0 radical (unpaired) electrons. The zero-order chi connectivity index (χ0) is 13.5. The summed E-state index contributed by atoms with van der Waals surface area (Å²) in [6.45, 7) is 0.898. The summed E-state index contributed by atoms with van der Waals surface area (Å²) in [5, 5.41) is 13.0. The van der Waals surface area contributed by atoms with Crippen LogP contribution in [0, 0.1) is 0 Å². The van der Waals surface area contributed by atoms with E-state index in [1.807, 2.05) is 12.1 Å². The zero-order valence-electron chi connectivity index (χ0n) is 11.3. The summed E-state index contributed by atoms with van der Waals surface area (Å²) in [6.07, 6.45) is -0.657. The fourth-order valence-corrected chi connectivity index (χ4v) is 1.85. The highest BCUT2D eigenvalue weighted by Crippen LogP contribution is 2.36. The summed E-state index contributed by atoms with van der Waals surface area (Å²) < 4.78 is 15.7. The molecule has 0 spiro atoms. The van der Waals surface area contributed by atoms with Crippen molar-refractivity contribution >= 4 is 0 Å². The van der Waals surface area contributed by atoms with Gasteiger partial charge in [0.05, 0.1) is 26.9 Å². The molecule has 1 aromatic rings. The molecule has 1 atom stereocenters. The number of hydrogen-bond acceptors (Lipinski definition) is 5. The number of likely N-dealkylation sites (N-methyl/N-ethyl adjacent to an activating group) is 1. The molecular formula is C13H21NO4. The van der Waals surface area contributed by atoms with Crippen LogP contribution in [-0.2, 0) is 11.3 Å². The second-order valence-corrected chi connectivity index (χ2v) is 3.93. The lowest BCUT2D eigenvalue weighted by molar-refractivity contribution is 0.169. The third-order valence-corrected chi connectivity index (χ3v) is 2.63. The largest absolute Gasteiger partial charge is 0.493 e. The van der Waals surface area contributed by atoms with Crippen LogP contribution in [0.15, 0.2) is 12.1 Å². The number of methoxy groups -OCH3 is 3. The number of benzene rings is 1. The molecule has 1 aromatic carbocycles. The van der Waals surface area contributed by atoms with Crippen LogP contribution in [0.5, 0.6) is 11.5 Å². The zero-order valence-corrected chi connectivity index (χ0v) is 11.3. The van der Waals surface area contributed by atoms with Crippen LogP contribution in [-0.4, -0.2) is 40.0 Å². The third-order valence-electron chi connectivity index (χ3n) is 2.63. The number of ether oxygens (including phenoxy) is 3. The fraction of sp³-hybridized carbons (Fsp3) is 0.538. The lowest BCUT2D eigenvalue weighted by Gasteiger charge is -2.18. The minimum absolute atomic E-state index is 0.440. The molecule has 5 nitrogen and oxygen atoms in total. The van der Waals surface area contributed by atoms with Gasteiger partial charge in [-0.15, -0.1) is 0 Å². The first-order valence-electron chi connectivity index (χ1n) is 5.74. The van der Waals surface area contributed by atoms with Gasteiger partial charge in [0, 0.05) is 19.2 Å². The molecule has 0 bridgehead atoms. The molecule has 0 aliphatic carbocycles. The maximum absolute atomic E-state index is 10.1. The highest BCUT2D eigenvalue weighted by molar-refractivity contribution is 5.50. The van der Waals surface area contributed by atoms with Crippen molar-refractivity contribution in [2.45, 2.75) is 12.7 Å². The van der Waals surface area contributed by atoms with Gasteiger partial charge >= 0.3 is 0 Å². The first-order valence-corrected chi connectivity index (χ1v) is 5.74. The van der Waals surface area contributed by atoms with Crippen molar-refractivity contribution in [2.24, 2.45) is 0 Å². The maximum Gasteiger partial charge on any atom is 0.166 e. The van der Waals surface area contributed by atoms with E-state index in [-0.39, 0.29) is 0 Å². The van der Waals surface area contributed by atoms with Crippen molar-refractivity contribution in [1.29, 1.82) is 0 Å². The van der Waals surface area contributed by atoms with E-state index < -0.39 is 6.10 Å². The summed E-state index contributed by atoms with van der Waals surface area (Å²) in [5.74, 6) is 1.15. The lowest BCUT2D eigenvalue weighted by atomic mass is 10.0. The number of aliphatic hydroxyl groups excluding tert-OH is 1. The molecule has 1 unspecified atom stereocenters. The molecule has 2 N–H and O–H groups in total. The van der Waals surface area contributed by atoms with Gasteiger partial charge in [-0.05, 0) is 24.7 Å². The minimum atomic E-state index is -0.657. The second kappa shape index (κ2) is 7.20. The number of hydrogen-bond donors (Lipinski definition) is 2. The first-order chi connectivity index (χ1) is 8.67. The second-order valence-electron chi connectivity index (χ2n) is 3.93. The van der Waals surface area contributed by atoms with Crippen molar-refractivity contribution < 1.29 is 19.3 Å². The van der Waals surface area contributed by atoms with E-state index in [1.54, 1.807) is 28.4 Å². The molecule has 0 aliphatic heterocycles. The van der Waals surface area contributed by atoms with Crippen molar-refractivity contribution in [1.82, 2.24) is 5.32 Å². The molecule has 102 valence electrons. The predicted octanol–water partition coefficient (Wildman–Crippen LogP) is 1.10. The smallest absolute Gasteiger partial charge is 0.166 e. The Bertz CT molecular complexity index is 381. The lowest BCUT2D eigenvalue weighted by Crippen LogP contribution is -2.17. The Morgan fingerprint density at radius 2 is 1.94 bits per heavy atom. The summed E-state index contributed by atoms with van der Waals surface area (Å²) in [4.78, 5) is 0. The molecule has 0 heterocycles. The Balaban J connectivity index is 3.21. The highest BCUT2D eigenvalue weighted by Gasteiger charge is 2.18. The van der Waals surface area contributed by atoms with Gasteiger partial charge in [-0.1, -0.05) is 0 Å². The van der Waals surface area contributed by atoms with Crippen LogP contribution in [0.3, 0.4) is 0 Å². The minimum Gasteiger partial charge on any atom is -0.493 e. The predicted molar refractivity (Wildman–Crippen MR) is 69.1 cm³/mol. The quantitative estimate of drug-likeness (QED) is 0.764. The van der Waals surface area contributed by atoms with Crippen LogP contribution in [0.1, 0.15) is 17.2 Å². The Hall–Kier alpha value is -1.30. The van der Waals surface area contributed by atoms with Crippen molar-refractivity contribution in [3.05, 3.63) is 23.3 Å². The highest BCUT2D eigenvalue weighted by atomic mass is 16.5. The topological polar surface area (TPSA) is 60.0 Å². The summed E-state index contributed by atoms with van der Waals surface area (Å²) in [5.41, 5.74) is 1.62. The molecular weight excluding hydrogens is 234 g/mol. The normalized spacial score (nSPS) is 12.3. The summed E-state index contributed by atoms with van der Waals surface area (Å²) in [6, 6.07) is 3.71. The van der Waals surface area contributed by atoms with E-state index in [0.717, 1.165) is 5.56 Å². The molecule has 0 saturated carbocycles. The Morgan fingerprint density at radius 3 is 2.44 bits per heavy atom. The van der Waals surface area contributed by atoms with E-state index in [0.29, 0.717) is 30.2 Å². The van der Waals surface area contributed by atoms with Gasteiger partial charge in [-0.3, -0.25) is 0 Å². The molecule has 18 heavy (non-hydrogen) atoms. The maximum atomic E-state index is 10.1. The van der Waals surface area contributed by atoms with Crippen LogP contribution in [0.25, 0.3) is 0 Å². The van der Waals surface area contributed by atoms with Crippen LogP contribution < -0.4 is 14.8 Å². The van der Waals surface area contributed by atoms with E-state index in [2.05, 4.69) is 5.32 Å². The molecule has 0 saturated heterocycles. The summed E-state index contributed by atoms with van der Waals surface area (Å²) in [7, 11) is 6.54. The monoisotopic (exact) mass is 255 g/mol. The van der Waals surface area contributed by atoms with E-state index in [9.17, 15) is 5.11 Å². The van der Waals surface area contributed by atoms with Gasteiger partial charge in [-0.25, -0.2) is 0 Å². The molecule has 0 aromatic heterocycles. The molecule has 0 amide bonds. The molecule has 1 rings (SSSR count). The van der Waals surface area contributed by atoms with Crippen molar-refractivity contribution in [3.63, 3.8) is 0 Å². The van der Waals surface area contributed by atoms with Gasteiger partial charge < -0.3 is 24.6 Å². The Kier molecular flexibility index (Phi) is 5.91. The third kappa shape index (κ3) is 3.35. The van der Waals surface area contributed by atoms with Gasteiger partial charge in [-0.2, -0.15) is 0 Å². The molecule has 0 fully saturated rings. The van der Waals surface area contributed by atoms with Crippen LogP contribution in [0.4, 0.5) is 0 Å². The molecule has 0 aliphatic rings. The van der Waals surface area contributed by atoms with Gasteiger partial charge in [0.15, 0.2) is 11.5 Å². The van der Waals surface area contributed by atoms with Gasteiger partial charge in [0.25, 0.3) is 0 Å².